The summed E-state index contributed by atoms with van der Waals surface area (Å²) < 4.78 is 22.5. The van der Waals surface area contributed by atoms with Gasteiger partial charge < -0.3 is 15.5 Å². The lowest BCUT2D eigenvalue weighted by Crippen LogP contribution is -2.50. The van der Waals surface area contributed by atoms with E-state index in [9.17, 15) is 28.6 Å². The van der Waals surface area contributed by atoms with Gasteiger partial charge in [0.25, 0.3) is 0 Å². The van der Waals surface area contributed by atoms with Gasteiger partial charge in [0, 0.05) is 25.7 Å². The summed E-state index contributed by atoms with van der Waals surface area (Å²) in [5.41, 5.74) is 0. The molecule has 2 saturated heterocycles. The summed E-state index contributed by atoms with van der Waals surface area (Å²) in [5, 5.41) is 22.0. The zero-order valence-corrected chi connectivity index (χ0v) is 17.0. The van der Waals surface area contributed by atoms with Crippen molar-refractivity contribution in [3.05, 3.63) is 0 Å². The van der Waals surface area contributed by atoms with E-state index >= 15 is 0 Å². The zero-order chi connectivity index (χ0) is 20.4. The lowest BCUT2D eigenvalue weighted by Gasteiger charge is -2.42. The topological polar surface area (TPSA) is 130 Å². The van der Waals surface area contributed by atoms with E-state index in [1.54, 1.807) is 6.92 Å². The quantitative estimate of drug-likeness (QED) is 0.439. The molecular formula is C18H31N3O6S. The number of rotatable bonds is 7. The van der Waals surface area contributed by atoms with Crippen LogP contribution in [0.3, 0.4) is 0 Å². The maximum atomic E-state index is 11.8. The van der Waals surface area contributed by atoms with Crippen LogP contribution in [0.25, 0.3) is 0 Å². The molecule has 3 fully saturated rings. The fraction of sp³-hybridized carbons (Fsp3) is 0.889. The number of carboxylic acids is 2. The summed E-state index contributed by atoms with van der Waals surface area (Å²) in [5.74, 6) is -0.487. The molecule has 0 aromatic heterocycles. The summed E-state index contributed by atoms with van der Waals surface area (Å²) in [6, 6.07) is -1.37. The molecule has 28 heavy (non-hydrogen) atoms. The Kier molecular flexibility index (Phi) is 7.08. The fourth-order valence-electron chi connectivity index (χ4n) is 5.39. The average molecular weight is 418 g/mol. The van der Waals surface area contributed by atoms with Gasteiger partial charge in [0.15, 0.2) is 0 Å². The molecule has 0 amide bonds. The average Bonchev–Trinajstić information content (AvgIpc) is 3.05. The predicted molar refractivity (Wildman–Crippen MR) is 103 cm³/mol. The molecule has 1 saturated carbocycles. The summed E-state index contributed by atoms with van der Waals surface area (Å²) in [4.78, 5) is 25.0. The van der Waals surface area contributed by atoms with Crippen molar-refractivity contribution >= 4 is 23.2 Å². The number of aliphatic carboxylic acids is 2. The Hall–Kier alpha value is -1.07. The minimum atomic E-state index is -2.11. The van der Waals surface area contributed by atoms with E-state index in [0.29, 0.717) is 50.2 Å². The third-order valence-electron chi connectivity index (χ3n) is 6.79. The highest BCUT2D eigenvalue weighted by Crippen LogP contribution is 2.39. The summed E-state index contributed by atoms with van der Waals surface area (Å²) in [7, 11) is 0. The van der Waals surface area contributed by atoms with E-state index in [2.05, 4.69) is 5.32 Å². The van der Waals surface area contributed by atoms with Crippen LogP contribution in [0.1, 0.15) is 39.0 Å². The van der Waals surface area contributed by atoms with Crippen molar-refractivity contribution in [2.75, 3.05) is 26.2 Å². The van der Waals surface area contributed by atoms with Crippen LogP contribution in [-0.2, 0) is 20.9 Å². The molecular weight excluding hydrogens is 386 g/mol. The highest BCUT2D eigenvalue weighted by Gasteiger charge is 2.43. The van der Waals surface area contributed by atoms with Gasteiger partial charge in [-0.1, -0.05) is 6.92 Å². The zero-order valence-electron chi connectivity index (χ0n) is 16.2. The SMILES string of the molecule is CCN([C@H]1C[C@@H](C(=O)O)N(C[C@H]2CC[C@H]3CN[C@H](C(=O)O)C[C@H]3C2)C1)S(=O)O. The molecule has 0 bridgehead atoms. The number of nitrogens with one attached hydrogen (secondary N) is 1. The second-order valence-electron chi connectivity index (χ2n) is 8.40. The maximum absolute atomic E-state index is 11.8. The van der Waals surface area contributed by atoms with Crippen LogP contribution in [0.2, 0.25) is 0 Å². The molecule has 4 N–H and O–H groups in total. The number of carbonyl (C=O) groups is 2. The number of hydrogen-bond donors (Lipinski definition) is 4. The standard InChI is InChI=1S/C18H31N3O6S/c1-2-21(28(26)27)14-7-16(18(24)25)20(10-14)9-11-3-4-12-8-19-15(17(22)23)6-13(12)5-11/h11-16,19H,2-10H2,1H3,(H,22,23)(H,24,25)(H,26,27)/t11-,12-,13+,14-,15-,16-/m0/s1. The second kappa shape index (κ2) is 9.17. The van der Waals surface area contributed by atoms with Gasteiger partial charge in [-0.15, -0.1) is 0 Å². The van der Waals surface area contributed by atoms with Gasteiger partial charge in [-0.25, -0.2) is 4.21 Å². The minimum absolute atomic E-state index is 0.247. The lowest BCUT2D eigenvalue weighted by molar-refractivity contribution is -0.143. The molecule has 160 valence electrons. The molecule has 0 aromatic rings. The van der Waals surface area contributed by atoms with Crippen LogP contribution < -0.4 is 5.32 Å². The largest absolute Gasteiger partial charge is 0.480 e. The first-order valence-corrected chi connectivity index (χ1v) is 11.2. The van der Waals surface area contributed by atoms with E-state index in [1.807, 2.05) is 4.90 Å². The monoisotopic (exact) mass is 417 g/mol. The van der Waals surface area contributed by atoms with E-state index in [1.165, 1.54) is 4.31 Å². The molecule has 3 rings (SSSR count). The number of hydrogen-bond acceptors (Lipinski definition) is 5. The maximum Gasteiger partial charge on any atom is 0.320 e. The first kappa shape index (κ1) is 21.6. The molecule has 0 aromatic carbocycles. The number of piperidine rings is 1. The van der Waals surface area contributed by atoms with Crippen LogP contribution in [0.5, 0.6) is 0 Å². The van der Waals surface area contributed by atoms with Gasteiger partial charge in [0.1, 0.15) is 12.1 Å². The number of fused-ring (bicyclic) bond motifs is 1. The summed E-state index contributed by atoms with van der Waals surface area (Å²) >= 11 is -2.11. The molecule has 3 aliphatic rings. The van der Waals surface area contributed by atoms with Crippen molar-refractivity contribution in [2.24, 2.45) is 17.8 Å². The van der Waals surface area contributed by atoms with Crippen LogP contribution in [0, 0.1) is 17.8 Å². The number of likely N-dealkylation sites (N-methyl/N-ethyl adjacent to an activating group) is 1. The van der Waals surface area contributed by atoms with Crippen molar-refractivity contribution in [3.8, 4) is 0 Å². The van der Waals surface area contributed by atoms with Gasteiger partial charge in [-0.2, -0.15) is 4.31 Å². The molecule has 10 heteroatoms. The van der Waals surface area contributed by atoms with Gasteiger partial charge >= 0.3 is 11.9 Å². The predicted octanol–water partition coefficient (Wildman–Crippen LogP) is 0.452. The molecule has 2 aliphatic heterocycles. The smallest absolute Gasteiger partial charge is 0.320 e. The van der Waals surface area contributed by atoms with Gasteiger partial charge in [-0.05, 0) is 56.4 Å². The Morgan fingerprint density at radius 2 is 1.89 bits per heavy atom. The van der Waals surface area contributed by atoms with Gasteiger partial charge in [0.05, 0.1) is 0 Å². The van der Waals surface area contributed by atoms with E-state index in [4.69, 9.17) is 0 Å². The summed E-state index contributed by atoms with van der Waals surface area (Å²) in [6.45, 7) is 4.05. The Balaban J connectivity index is 1.62. The molecule has 0 radical (unpaired) electrons. The number of likely N-dealkylation sites (tertiary alicyclic amines) is 1. The van der Waals surface area contributed by atoms with Crippen molar-refractivity contribution in [2.45, 2.75) is 57.2 Å². The number of carboxylic acid groups (broad SMARTS) is 2. The lowest BCUT2D eigenvalue weighted by atomic mass is 9.69. The van der Waals surface area contributed by atoms with Crippen molar-refractivity contribution < 1.29 is 28.6 Å². The Morgan fingerprint density at radius 1 is 1.14 bits per heavy atom. The third kappa shape index (κ3) is 4.73. The van der Waals surface area contributed by atoms with Crippen molar-refractivity contribution in [1.29, 1.82) is 0 Å². The van der Waals surface area contributed by atoms with Crippen LogP contribution in [0.15, 0.2) is 0 Å². The fourth-order valence-corrected chi connectivity index (χ4v) is 6.02. The Bertz CT molecular complexity index is 620. The van der Waals surface area contributed by atoms with E-state index in [0.717, 1.165) is 25.8 Å². The molecule has 1 unspecified atom stereocenters. The first-order chi connectivity index (χ1) is 13.3. The molecule has 2 heterocycles. The van der Waals surface area contributed by atoms with Crippen molar-refractivity contribution in [1.82, 2.24) is 14.5 Å². The van der Waals surface area contributed by atoms with Gasteiger partial charge in [0.2, 0.25) is 11.3 Å². The molecule has 0 spiro atoms. The first-order valence-electron chi connectivity index (χ1n) is 10.1. The van der Waals surface area contributed by atoms with Crippen molar-refractivity contribution in [3.63, 3.8) is 0 Å². The third-order valence-corrected chi connectivity index (χ3v) is 7.75. The summed E-state index contributed by atoms with van der Waals surface area (Å²) in [6.07, 6.45) is 3.95. The van der Waals surface area contributed by atoms with E-state index in [-0.39, 0.29) is 6.04 Å². The van der Waals surface area contributed by atoms with Crippen LogP contribution in [0.4, 0.5) is 0 Å². The van der Waals surface area contributed by atoms with Crippen LogP contribution >= 0.6 is 0 Å². The van der Waals surface area contributed by atoms with E-state index < -0.39 is 35.3 Å². The normalized spacial score (nSPS) is 37.5. The molecule has 1 aliphatic carbocycles. The molecule has 7 atom stereocenters. The highest BCUT2D eigenvalue weighted by molar-refractivity contribution is 7.76. The minimum Gasteiger partial charge on any atom is -0.480 e. The Labute approximate surface area is 167 Å². The number of nitrogens with zero attached hydrogens (tertiary/aromatic N) is 2. The van der Waals surface area contributed by atoms with Gasteiger partial charge in [-0.3, -0.25) is 19.0 Å². The second-order valence-corrected chi connectivity index (χ2v) is 9.33. The highest BCUT2D eigenvalue weighted by atomic mass is 32.2. The van der Waals surface area contributed by atoms with Crippen LogP contribution in [-0.4, -0.2) is 84.4 Å². The Morgan fingerprint density at radius 3 is 2.50 bits per heavy atom. The molecule has 9 nitrogen and oxygen atoms in total.